The molecule has 2 fully saturated rings. The van der Waals surface area contributed by atoms with Crippen LogP contribution in [-0.4, -0.2) is 11.5 Å². The van der Waals surface area contributed by atoms with Gasteiger partial charge >= 0.3 is 0 Å². The largest absolute Gasteiger partial charge is 0.321 e. The summed E-state index contributed by atoms with van der Waals surface area (Å²) in [7, 11) is 0. The van der Waals surface area contributed by atoms with Gasteiger partial charge < -0.3 is 5.73 Å². The van der Waals surface area contributed by atoms with Crippen molar-refractivity contribution in [2.24, 2.45) is 23.0 Å². The molecule has 1 nitrogen and oxygen atoms in total. The van der Waals surface area contributed by atoms with Crippen LogP contribution in [0.4, 0.5) is 8.78 Å². The summed E-state index contributed by atoms with van der Waals surface area (Å²) in [6, 6.07) is 0. The number of fused-ring (bicyclic) bond motifs is 1. The van der Waals surface area contributed by atoms with Gasteiger partial charge in [0, 0.05) is 18.4 Å². The molecule has 2 unspecified atom stereocenters. The predicted molar refractivity (Wildman–Crippen MR) is 59.2 cm³/mol. The van der Waals surface area contributed by atoms with Gasteiger partial charge in [-0.15, -0.1) is 0 Å². The highest BCUT2D eigenvalue weighted by molar-refractivity contribution is 5.36. The second-order valence-corrected chi connectivity index (χ2v) is 6.57. The number of hydrogen-bond acceptors (Lipinski definition) is 1. The average molecular weight is 227 g/mol. The van der Waals surface area contributed by atoms with Crippen molar-refractivity contribution in [1.29, 1.82) is 0 Å². The van der Waals surface area contributed by atoms with Crippen LogP contribution in [0.15, 0.2) is 11.6 Å². The van der Waals surface area contributed by atoms with E-state index < -0.39 is 11.5 Å². The van der Waals surface area contributed by atoms with Crippen LogP contribution in [0.2, 0.25) is 0 Å². The lowest BCUT2D eigenvalue weighted by Gasteiger charge is -2.61. The molecule has 0 heterocycles. The highest BCUT2D eigenvalue weighted by atomic mass is 19.3. The van der Waals surface area contributed by atoms with Gasteiger partial charge in [0.15, 0.2) is 0 Å². The number of allylic oxidation sites excluding steroid dienone is 1. The summed E-state index contributed by atoms with van der Waals surface area (Å²) >= 11 is 0. The van der Waals surface area contributed by atoms with Gasteiger partial charge in [-0.3, -0.25) is 0 Å². The van der Waals surface area contributed by atoms with E-state index in [9.17, 15) is 8.78 Å². The quantitative estimate of drug-likeness (QED) is 0.684. The molecule has 2 N–H and O–H groups in total. The first-order valence-electron chi connectivity index (χ1n) is 6.12. The van der Waals surface area contributed by atoms with Gasteiger partial charge in [-0.25, -0.2) is 8.78 Å². The Hall–Kier alpha value is -0.440. The highest BCUT2D eigenvalue weighted by Gasteiger charge is 2.62. The Morgan fingerprint density at radius 3 is 2.38 bits per heavy atom. The monoisotopic (exact) mass is 227 g/mol. The van der Waals surface area contributed by atoms with Gasteiger partial charge in [0.25, 0.3) is 5.92 Å². The molecule has 0 spiro atoms. The normalized spacial score (nSPS) is 41.7. The zero-order chi connectivity index (χ0) is 11.8. The fraction of sp³-hybridized carbons (Fsp3) is 0.846. The van der Waals surface area contributed by atoms with Crippen LogP contribution in [0.5, 0.6) is 0 Å². The summed E-state index contributed by atoms with van der Waals surface area (Å²) in [6.07, 6.45) is 4.04. The molecule has 0 amide bonds. The second kappa shape index (κ2) is 2.69. The van der Waals surface area contributed by atoms with Crippen molar-refractivity contribution >= 4 is 0 Å². The topological polar surface area (TPSA) is 26.0 Å². The van der Waals surface area contributed by atoms with Crippen molar-refractivity contribution in [2.75, 3.05) is 0 Å². The highest BCUT2D eigenvalue weighted by Crippen LogP contribution is 2.63. The summed E-state index contributed by atoms with van der Waals surface area (Å²) in [6.45, 7) is 4.50. The molecule has 4 aliphatic carbocycles. The number of halogens is 2. The van der Waals surface area contributed by atoms with Gasteiger partial charge in [-0.1, -0.05) is 25.5 Å². The smallest absolute Gasteiger partial charge is 0.252 e. The maximum atomic E-state index is 13.0. The molecular weight excluding hydrogens is 208 g/mol. The maximum Gasteiger partial charge on any atom is 0.252 e. The summed E-state index contributed by atoms with van der Waals surface area (Å²) in [5, 5.41) is 0. The van der Waals surface area contributed by atoms with Crippen molar-refractivity contribution in [3.8, 4) is 0 Å². The van der Waals surface area contributed by atoms with E-state index in [2.05, 4.69) is 19.9 Å². The first-order valence-corrected chi connectivity index (χ1v) is 6.12. The van der Waals surface area contributed by atoms with E-state index in [-0.39, 0.29) is 18.3 Å². The number of rotatable bonds is 1. The van der Waals surface area contributed by atoms with Crippen LogP contribution < -0.4 is 5.73 Å². The van der Waals surface area contributed by atoms with Crippen molar-refractivity contribution in [3.63, 3.8) is 0 Å². The molecule has 2 bridgehead atoms. The van der Waals surface area contributed by atoms with Crippen LogP contribution in [0.3, 0.4) is 0 Å². The first kappa shape index (κ1) is 10.7. The molecule has 0 radical (unpaired) electrons. The van der Waals surface area contributed by atoms with E-state index in [1.165, 1.54) is 0 Å². The van der Waals surface area contributed by atoms with Crippen molar-refractivity contribution in [3.05, 3.63) is 11.6 Å². The first-order chi connectivity index (χ1) is 7.25. The molecule has 0 aromatic rings. The van der Waals surface area contributed by atoms with E-state index in [1.807, 2.05) is 0 Å². The van der Waals surface area contributed by atoms with Crippen molar-refractivity contribution in [2.45, 2.75) is 51.0 Å². The van der Waals surface area contributed by atoms with Gasteiger partial charge in [0.1, 0.15) is 0 Å². The molecule has 0 aliphatic heterocycles. The summed E-state index contributed by atoms with van der Waals surface area (Å²) in [5.41, 5.74) is 6.85. The summed E-state index contributed by atoms with van der Waals surface area (Å²) < 4.78 is 26.0. The third-order valence-electron chi connectivity index (χ3n) is 5.19. The Labute approximate surface area is 95.1 Å². The third kappa shape index (κ3) is 1.18. The SMILES string of the molecule is CC1(C)C2CC=C(C3(N)CC(F)(F)C3)C1C2. The van der Waals surface area contributed by atoms with E-state index in [0.717, 1.165) is 24.3 Å². The van der Waals surface area contributed by atoms with Crippen LogP contribution in [0.1, 0.15) is 39.5 Å². The van der Waals surface area contributed by atoms with Crippen LogP contribution in [0, 0.1) is 17.3 Å². The molecule has 0 aromatic carbocycles. The van der Waals surface area contributed by atoms with Gasteiger partial charge in [0.05, 0.1) is 0 Å². The Kier molecular flexibility index (Phi) is 1.80. The Morgan fingerprint density at radius 1 is 1.31 bits per heavy atom. The zero-order valence-electron chi connectivity index (χ0n) is 9.89. The molecule has 0 saturated heterocycles. The van der Waals surface area contributed by atoms with Gasteiger partial charge in [0.2, 0.25) is 0 Å². The molecule has 2 saturated carbocycles. The van der Waals surface area contributed by atoms with Crippen molar-refractivity contribution in [1.82, 2.24) is 0 Å². The molecule has 0 aromatic heterocycles. The Balaban J connectivity index is 1.85. The molecule has 16 heavy (non-hydrogen) atoms. The minimum Gasteiger partial charge on any atom is -0.321 e. The fourth-order valence-corrected chi connectivity index (χ4v) is 3.98. The third-order valence-corrected chi connectivity index (χ3v) is 5.19. The lowest BCUT2D eigenvalue weighted by atomic mass is 9.45. The van der Waals surface area contributed by atoms with E-state index >= 15 is 0 Å². The average Bonchev–Trinajstić information content (AvgIpc) is 2.14. The standard InChI is InChI=1S/C13H19F2N/c1-11(2)8-3-4-9(10(11)5-8)12(16)6-13(14,15)7-12/h4,8,10H,3,5-7,16H2,1-2H3. The minimum absolute atomic E-state index is 0.150. The predicted octanol–water partition coefficient (Wildman–Crippen LogP) is 3.11. The van der Waals surface area contributed by atoms with Crippen LogP contribution >= 0.6 is 0 Å². The summed E-state index contributed by atoms with van der Waals surface area (Å²) in [4.78, 5) is 0. The maximum absolute atomic E-state index is 13.0. The van der Waals surface area contributed by atoms with E-state index in [1.54, 1.807) is 0 Å². The molecule has 4 rings (SSSR count). The van der Waals surface area contributed by atoms with Crippen molar-refractivity contribution < 1.29 is 8.78 Å². The Morgan fingerprint density at radius 2 is 1.94 bits per heavy atom. The minimum atomic E-state index is -2.53. The molecule has 4 aliphatic rings. The number of nitrogens with two attached hydrogens (primary N) is 1. The van der Waals surface area contributed by atoms with E-state index in [0.29, 0.717) is 5.92 Å². The molecule has 90 valence electrons. The van der Waals surface area contributed by atoms with Gasteiger partial charge in [-0.2, -0.15) is 0 Å². The Bertz CT molecular complexity index is 362. The lowest BCUT2D eigenvalue weighted by Crippen LogP contribution is -2.64. The number of hydrogen-bond donors (Lipinski definition) is 1. The van der Waals surface area contributed by atoms with Crippen LogP contribution in [-0.2, 0) is 0 Å². The van der Waals surface area contributed by atoms with Crippen LogP contribution in [0.25, 0.3) is 0 Å². The number of alkyl halides is 2. The second-order valence-electron chi connectivity index (χ2n) is 6.57. The van der Waals surface area contributed by atoms with Gasteiger partial charge in [-0.05, 0) is 30.1 Å². The summed E-state index contributed by atoms with van der Waals surface area (Å²) in [5.74, 6) is -1.34. The zero-order valence-corrected chi connectivity index (χ0v) is 9.89. The van der Waals surface area contributed by atoms with E-state index in [4.69, 9.17) is 5.73 Å². The fourth-order valence-electron chi connectivity index (χ4n) is 3.98. The molecule has 2 atom stereocenters. The lowest BCUT2D eigenvalue weighted by molar-refractivity contribution is -0.123. The molecule has 3 heteroatoms. The molecular formula is C13H19F2N.